The van der Waals surface area contributed by atoms with Crippen LogP contribution in [0.25, 0.3) is 0 Å². The first-order valence-corrected chi connectivity index (χ1v) is 9.65. The van der Waals surface area contributed by atoms with E-state index in [2.05, 4.69) is 27.7 Å². The van der Waals surface area contributed by atoms with E-state index < -0.39 is 11.8 Å². The lowest BCUT2D eigenvalue weighted by molar-refractivity contribution is -0.136. The standard InChI is InChI=1S/C23H23N3O3/c1-16-6-4-8-18(14-16)25-23(28)22(27)24-15-20(21-10-5-13-29-21)26-12-11-17-7-2-3-9-19(17)26/h2-10,13-14,20H,11-12,15H2,1H3,(H,24,27)(H,25,28)/t20-/m0/s1. The fraction of sp³-hybridized carbons (Fsp3) is 0.217. The Morgan fingerprint density at radius 3 is 2.72 bits per heavy atom. The molecule has 148 valence electrons. The molecule has 2 aromatic carbocycles. The Morgan fingerprint density at radius 2 is 1.93 bits per heavy atom. The fourth-order valence-electron chi connectivity index (χ4n) is 3.71. The van der Waals surface area contributed by atoms with Gasteiger partial charge in [-0.25, -0.2) is 0 Å². The van der Waals surface area contributed by atoms with Crippen molar-refractivity contribution in [2.75, 3.05) is 23.3 Å². The van der Waals surface area contributed by atoms with Crippen LogP contribution in [0.1, 0.15) is 22.9 Å². The van der Waals surface area contributed by atoms with Crippen molar-refractivity contribution < 1.29 is 14.0 Å². The minimum Gasteiger partial charge on any atom is -0.467 e. The van der Waals surface area contributed by atoms with Crippen LogP contribution in [-0.2, 0) is 16.0 Å². The van der Waals surface area contributed by atoms with Gasteiger partial charge in [-0.1, -0.05) is 30.3 Å². The first-order valence-electron chi connectivity index (χ1n) is 9.65. The highest BCUT2D eigenvalue weighted by Gasteiger charge is 2.29. The Morgan fingerprint density at radius 1 is 1.07 bits per heavy atom. The minimum absolute atomic E-state index is 0.190. The third kappa shape index (κ3) is 4.16. The van der Waals surface area contributed by atoms with E-state index >= 15 is 0 Å². The maximum Gasteiger partial charge on any atom is 0.313 e. The monoisotopic (exact) mass is 389 g/mol. The molecule has 2 amide bonds. The third-order valence-corrected chi connectivity index (χ3v) is 5.11. The number of benzene rings is 2. The van der Waals surface area contributed by atoms with E-state index in [0.717, 1.165) is 30.0 Å². The maximum absolute atomic E-state index is 12.4. The highest BCUT2D eigenvalue weighted by Crippen LogP contribution is 2.34. The van der Waals surface area contributed by atoms with Gasteiger partial charge in [0.05, 0.1) is 6.26 Å². The molecule has 6 heteroatoms. The van der Waals surface area contributed by atoms with Gasteiger partial charge in [-0.2, -0.15) is 0 Å². The number of hydrogen-bond acceptors (Lipinski definition) is 4. The largest absolute Gasteiger partial charge is 0.467 e. The summed E-state index contributed by atoms with van der Waals surface area (Å²) in [6.45, 7) is 3.02. The molecule has 0 bridgehead atoms. The SMILES string of the molecule is Cc1cccc(NC(=O)C(=O)NC[C@@H](c2ccco2)N2CCc3ccccc32)c1. The lowest BCUT2D eigenvalue weighted by Gasteiger charge is -2.29. The van der Waals surface area contributed by atoms with Crippen LogP contribution in [0, 0.1) is 6.92 Å². The van der Waals surface area contributed by atoms with Gasteiger partial charge in [-0.05, 0) is 54.8 Å². The predicted octanol–water partition coefficient (Wildman–Crippen LogP) is 3.45. The molecule has 0 aliphatic carbocycles. The number of amides is 2. The maximum atomic E-state index is 12.4. The third-order valence-electron chi connectivity index (χ3n) is 5.11. The van der Waals surface area contributed by atoms with Crippen LogP contribution in [0.3, 0.4) is 0 Å². The number of aryl methyl sites for hydroxylation is 1. The molecule has 0 fully saturated rings. The lowest BCUT2D eigenvalue weighted by Crippen LogP contribution is -2.41. The summed E-state index contributed by atoms with van der Waals surface area (Å²) in [6.07, 6.45) is 2.56. The normalized spacial score (nSPS) is 13.6. The molecule has 29 heavy (non-hydrogen) atoms. The number of rotatable bonds is 5. The van der Waals surface area contributed by atoms with Gasteiger partial charge in [0.1, 0.15) is 11.8 Å². The topological polar surface area (TPSA) is 74.6 Å². The highest BCUT2D eigenvalue weighted by atomic mass is 16.3. The predicted molar refractivity (Wildman–Crippen MR) is 112 cm³/mol. The molecule has 0 spiro atoms. The molecule has 1 atom stereocenters. The molecule has 0 saturated heterocycles. The van der Waals surface area contributed by atoms with Crippen LogP contribution >= 0.6 is 0 Å². The summed E-state index contributed by atoms with van der Waals surface area (Å²) in [7, 11) is 0. The van der Waals surface area contributed by atoms with Crippen LogP contribution < -0.4 is 15.5 Å². The second kappa shape index (κ2) is 8.22. The molecule has 2 heterocycles. The number of hydrogen-bond donors (Lipinski definition) is 2. The number of carbonyl (C=O) groups excluding carboxylic acids is 2. The number of fused-ring (bicyclic) bond motifs is 1. The summed E-state index contributed by atoms with van der Waals surface area (Å²) in [5, 5.41) is 5.40. The van der Waals surface area contributed by atoms with Crippen molar-refractivity contribution in [3.63, 3.8) is 0 Å². The Kier molecular flexibility index (Phi) is 5.33. The van der Waals surface area contributed by atoms with E-state index in [4.69, 9.17) is 4.42 Å². The number of nitrogens with zero attached hydrogens (tertiary/aromatic N) is 1. The fourth-order valence-corrected chi connectivity index (χ4v) is 3.71. The van der Waals surface area contributed by atoms with Crippen LogP contribution in [0.5, 0.6) is 0 Å². The van der Waals surface area contributed by atoms with Crippen LogP contribution in [-0.4, -0.2) is 24.9 Å². The van der Waals surface area contributed by atoms with Crippen LogP contribution in [0.2, 0.25) is 0 Å². The molecular weight excluding hydrogens is 366 g/mol. The van der Waals surface area contributed by atoms with Crippen molar-refractivity contribution in [2.24, 2.45) is 0 Å². The average Bonchev–Trinajstić information content (AvgIpc) is 3.39. The van der Waals surface area contributed by atoms with E-state index in [1.165, 1.54) is 5.56 Å². The molecule has 3 aromatic rings. The van der Waals surface area contributed by atoms with Gasteiger partial charge in [0, 0.05) is 24.5 Å². The molecule has 1 aromatic heterocycles. The van der Waals surface area contributed by atoms with Gasteiger partial charge in [-0.3, -0.25) is 9.59 Å². The van der Waals surface area contributed by atoms with Gasteiger partial charge >= 0.3 is 11.8 Å². The number of nitrogens with one attached hydrogen (secondary N) is 2. The Balaban J connectivity index is 1.45. The van der Waals surface area contributed by atoms with Gasteiger partial charge in [0.15, 0.2) is 0 Å². The molecule has 0 radical (unpaired) electrons. The first-order chi connectivity index (χ1) is 14.1. The van der Waals surface area contributed by atoms with Crippen molar-refractivity contribution >= 4 is 23.2 Å². The molecular formula is C23H23N3O3. The van der Waals surface area contributed by atoms with Crippen molar-refractivity contribution in [1.82, 2.24) is 5.32 Å². The summed E-state index contributed by atoms with van der Waals surface area (Å²) in [5.41, 5.74) is 4.01. The summed E-state index contributed by atoms with van der Waals surface area (Å²) in [6, 6.07) is 19.1. The van der Waals surface area contributed by atoms with Crippen molar-refractivity contribution in [3.05, 3.63) is 83.8 Å². The van der Waals surface area contributed by atoms with Crippen molar-refractivity contribution in [3.8, 4) is 0 Å². The van der Waals surface area contributed by atoms with E-state index in [-0.39, 0.29) is 12.6 Å². The Labute approximate surface area is 169 Å². The molecule has 0 saturated carbocycles. The van der Waals surface area contributed by atoms with Gasteiger partial charge < -0.3 is 20.0 Å². The average molecular weight is 389 g/mol. The molecule has 1 aliphatic rings. The smallest absolute Gasteiger partial charge is 0.313 e. The first kappa shape index (κ1) is 18.8. The molecule has 0 unspecified atom stereocenters. The van der Waals surface area contributed by atoms with E-state index in [0.29, 0.717) is 5.69 Å². The summed E-state index contributed by atoms with van der Waals surface area (Å²) in [4.78, 5) is 26.9. The van der Waals surface area contributed by atoms with Gasteiger partial charge in [0.25, 0.3) is 0 Å². The summed E-state index contributed by atoms with van der Waals surface area (Å²) < 4.78 is 5.63. The zero-order chi connectivity index (χ0) is 20.2. The second-order valence-corrected chi connectivity index (χ2v) is 7.14. The minimum atomic E-state index is -0.685. The summed E-state index contributed by atoms with van der Waals surface area (Å²) >= 11 is 0. The lowest BCUT2D eigenvalue weighted by atomic mass is 10.1. The van der Waals surface area contributed by atoms with E-state index in [1.54, 1.807) is 12.3 Å². The van der Waals surface area contributed by atoms with Gasteiger partial charge in [0.2, 0.25) is 0 Å². The number of anilines is 2. The second-order valence-electron chi connectivity index (χ2n) is 7.14. The summed E-state index contributed by atoms with van der Waals surface area (Å²) in [5.74, 6) is -0.604. The van der Waals surface area contributed by atoms with E-state index in [1.807, 2.05) is 49.4 Å². The van der Waals surface area contributed by atoms with Crippen molar-refractivity contribution in [2.45, 2.75) is 19.4 Å². The highest BCUT2D eigenvalue weighted by molar-refractivity contribution is 6.39. The number of furan rings is 1. The Bertz CT molecular complexity index is 1010. The molecule has 6 nitrogen and oxygen atoms in total. The zero-order valence-electron chi connectivity index (χ0n) is 16.2. The molecule has 2 N–H and O–H groups in total. The van der Waals surface area contributed by atoms with Crippen LogP contribution in [0.15, 0.2) is 71.3 Å². The Hall–Kier alpha value is -3.54. The number of carbonyl (C=O) groups is 2. The van der Waals surface area contributed by atoms with Gasteiger partial charge in [-0.15, -0.1) is 0 Å². The van der Waals surface area contributed by atoms with Crippen LogP contribution in [0.4, 0.5) is 11.4 Å². The zero-order valence-corrected chi connectivity index (χ0v) is 16.2. The quantitative estimate of drug-likeness (QED) is 0.656. The van der Waals surface area contributed by atoms with E-state index in [9.17, 15) is 9.59 Å². The molecule has 4 rings (SSSR count). The van der Waals surface area contributed by atoms with Crippen molar-refractivity contribution in [1.29, 1.82) is 0 Å². The molecule has 1 aliphatic heterocycles. The number of para-hydroxylation sites is 1.